The lowest BCUT2D eigenvalue weighted by molar-refractivity contribution is -0.0528. The summed E-state index contributed by atoms with van der Waals surface area (Å²) >= 11 is 0. The van der Waals surface area contributed by atoms with E-state index in [4.69, 9.17) is 4.42 Å². The van der Waals surface area contributed by atoms with Crippen molar-refractivity contribution in [2.45, 2.75) is 59.3 Å². The molecule has 0 amide bonds. The van der Waals surface area contributed by atoms with Crippen LogP contribution in [0.3, 0.4) is 0 Å². The van der Waals surface area contributed by atoms with E-state index in [1.807, 2.05) is 0 Å². The van der Waals surface area contributed by atoms with Crippen molar-refractivity contribution >= 4 is 6.29 Å². The summed E-state index contributed by atoms with van der Waals surface area (Å²) in [7, 11) is 0. The Balaban J connectivity index is 1.94. The minimum absolute atomic E-state index is 0.282. The zero-order valence-corrected chi connectivity index (χ0v) is 14.2. The number of carbonyl (C=O) groups excluding carboxylic acids is 1. The van der Waals surface area contributed by atoms with Gasteiger partial charge < -0.3 is 4.42 Å². The van der Waals surface area contributed by atoms with Crippen LogP contribution < -0.4 is 0 Å². The van der Waals surface area contributed by atoms with Crippen molar-refractivity contribution < 1.29 is 9.21 Å². The van der Waals surface area contributed by atoms with Crippen LogP contribution in [0.15, 0.2) is 28.9 Å². The molecule has 3 atom stereocenters. The Kier molecular flexibility index (Phi) is 3.82. The van der Waals surface area contributed by atoms with E-state index in [-0.39, 0.29) is 5.41 Å². The third-order valence-electron chi connectivity index (χ3n) is 6.62. The Labute approximate surface area is 134 Å². The fourth-order valence-electron chi connectivity index (χ4n) is 5.46. The third-order valence-corrected chi connectivity index (χ3v) is 6.62. The van der Waals surface area contributed by atoms with Crippen molar-refractivity contribution in [3.8, 4) is 0 Å². The molecule has 0 bridgehead atoms. The first kappa shape index (κ1) is 15.6. The Morgan fingerprint density at radius 1 is 1.36 bits per heavy atom. The third kappa shape index (κ3) is 2.37. The van der Waals surface area contributed by atoms with Gasteiger partial charge in [-0.1, -0.05) is 39.3 Å². The molecule has 0 radical (unpaired) electrons. The monoisotopic (exact) mass is 300 g/mol. The van der Waals surface area contributed by atoms with E-state index in [9.17, 15) is 4.79 Å². The first-order valence-corrected chi connectivity index (χ1v) is 8.58. The molecule has 1 heterocycles. The zero-order valence-electron chi connectivity index (χ0n) is 14.2. The molecule has 0 N–H and O–H groups in total. The maximum atomic E-state index is 11.2. The van der Waals surface area contributed by atoms with Crippen molar-refractivity contribution in [2.24, 2.45) is 22.7 Å². The fraction of sp³-hybridized carbons (Fsp3) is 0.650. The summed E-state index contributed by atoms with van der Waals surface area (Å²) in [5.41, 5.74) is 2.74. The molecule has 2 heteroatoms. The average molecular weight is 300 g/mol. The van der Waals surface area contributed by atoms with Crippen LogP contribution in [0.4, 0.5) is 0 Å². The number of aldehydes is 1. The van der Waals surface area contributed by atoms with Crippen molar-refractivity contribution in [3.63, 3.8) is 0 Å². The maximum Gasteiger partial charge on any atom is 0.153 e. The second-order valence-electron chi connectivity index (χ2n) is 8.27. The van der Waals surface area contributed by atoms with Gasteiger partial charge in [-0.15, -0.1) is 0 Å². The molecule has 1 aromatic rings. The summed E-state index contributed by atoms with van der Waals surface area (Å²) in [6.45, 7) is 11.7. The Morgan fingerprint density at radius 2 is 2.14 bits per heavy atom. The largest absolute Gasteiger partial charge is 0.469 e. The number of hydrogen-bond donors (Lipinski definition) is 0. The molecular weight excluding hydrogens is 272 g/mol. The molecule has 2 nitrogen and oxygen atoms in total. The molecule has 2 saturated carbocycles. The summed E-state index contributed by atoms with van der Waals surface area (Å²) < 4.78 is 5.61. The molecule has 0 saturated heterocycles. The number of allylic oxidation sites excluding steroid dienone is 1. The molecule has 2 fully saturated rings. The van der Waals surface area contributed by atoms with Crippen molar-refractivity contribution in [1.82, 2.24) is 0 Å². The normalized spacial score (nSPS) is 34.2. The summed E-state index contributed by atoms with van der Waals surface area (Å²) in [5.74, 6) is 2.00. The van der Waals surface area contributed by atoms with Gasteiger partial charge in [-0.25, -0.2) is 0 Å². The second-order valence-corrected chi connectivity index (χ2v) is 8.27. The molecule has 0 aromatic carbocycles. The highest BCUT2D eigenvalue weighted by Crippen LogP contribution is 2.61. The lowest BCUT2D eigenvalue weighted by Crippen LogP contribution is -2.50. The molecular formula is C20H28O2. The quantitative estimate of drug-likeness (QED) is 0.550. The van der Waals surface area contributed by atoms with Crippen LogP contribution in [0.25, 0.3) is 0 Å². The number of furan rings is 1. The van der Waals surface area contributed by atoms with Crippen LogP contribution >= 0.6 is 0 Å². The van der Waals surface area contributed by atoms with Gasteiger partial charge in [-0.3, -0.25) is 4.79 Å². The van der Waals surface area contributed by atoms with Crippen LogP contribution in [0.5, 0.6) is 0 Å². The number of hydrogen-bond acceptors (Lipinski definition) is 2. The molecule has 1 aromatic heterocycles. The van der Waals surface area contributed by atoms with Crippen LogP contribution in [-0.4, -0.2) is 6.29 Å². The molecule has 2 aliphatic carbocycles. The molecule has 0 spiro atoms. The average Bonchev–Trinajstić information content (AvgIpc) is 2.89. The summed E-state index contributed by atoms with van der Waals surface area (Å²) in [4.78, 5) is 11.2. The highest BCUT2D eigenvalue weighted by atomic mass is 16.3. The van der Waals surface area contributed by atoms with Crippen molar-refractivity contribution in [1.29, 1.82) is 0 Å². The highest BCUT2D eigenvalue weighted by Gasteiger charge is 2.52. The Hall–Kier alpha value is -1.31. The summed E-state index contributed by atoms with van der Waals surface area (Å²) in [6, 6.07) is 1.78. The van der Waals surface area contributed by atoms with Gasteiger partial charge in [0.2, 0.25) is 0 Å². The minimum Gasteiger partial charge on any atom is -0.469 e. The second kappa shape index (κ2) is 5.40. The van der Waals surface area contributed by atoms with E-state index in [1.54, 1.807) is 12.3 Å². The Bertz CT molecular complexity index is 580. The standard InChI is InChI=1S/C20H28O2/c1-14-6-7-18-19(2,3)9-5-10-20(18,4)16(14)12-17-15(13-21)8-11-22-17/h8,11,13,16,18H,1,5-7,9-10,12H2,2-4H3. The maximum absolute atomic E-state index is 11.2. The zero-order chi connectivity index (χ0) is 16.0. The van der Waals surface area contributed by atoms with E-state index in [1.165, 1.54) is 31.3 Å². The highest BCUT2D eigenvalue weighted by molar-refractivity contribution is 5.76. The van der Waals surface area contributed by atoms with Gasteiger partial charge in [0.15, 0.2) is 6.29 Å². The van der Waals surface area contributed by atoms with Crippen molar-refractivity contribution in [3.05, 3.63) is 35.8 Å². The SMILES string of the molecule is C=C1CCC2C(C)(C)CCCC2(C)C1Cc1occc1C=O. The van der Waals surface area contributed by atoms with E-state index in [0.29, 0.717) is 16.9 Å². The molecule has 3 rings (SSSR count). The van der Waals surface area contributed by atoms with E-state index in [0.717, 1.165) is 30.8 Å². The molecule has 120 valence electrons. The smallest absolute Gasteiger partial charge is 0.153 e. The van der Waals surface area contributed by atoms with E-state index < -0.39 is 0 Å². The lowest BCUT2D eigenvalue weighted by Gasteiger charge is -2.58. The molecule has 3 unspecified atom stereocenters. The van der Waals surface area contributed by atoms with Crippen LogP contribution in [0.1, 0.15) is 69.0 Å². The summed E-state index contributed by atoms with van der Waals surface area (Å²) in [6.07, 6.45) is 9.63. The summed E-state index contributed by atoms with van der Waals surface area (Å²) in [5, 5.41) is 0. The van der Waals surface area contributed by atoms with Gasteiger partial charge in [-0.05, 0) is 54.4 Å². The first-order chi connectivity index (χ1) is 10.4. The van der Waals surface area contributed by atoms with Gasteiger partial charge in [0.05, 0.1) is 11.8 Å². The van der Waals surface area contributed by atoms with E-state index in [2.05, 4.69) is 27.4 Å². The predicted octanol–water partition coefficient (Wildman–Crippen LogP) is 5.43. The van der Waals surface area contributed by atoms with Gasteiger partial charge in [0.1, 0.15) is 5.76 Å². The molecule has 22 heavy (non-hydrogen) atoms. The van der Waals surface area contributed by atoms with Crippen molar-refractivity contribution in [2.75, 3.05) is 0 Å². The van der Waals surface area contributed by atoms with Crippen LogP contribution in [-0.2, 0) is 6.42 Å². The van der Waals surface area contributed by atoms with Crippen LogP contribution in [0.2, 0.25) is 0 Å². The van der Waals surface area contributed by atoms with E-state index >= 15 is 0 Å². The van der Waals surface area contributed by atoms with Gasteiger partial charge in [0, 0.05) is 6.42 Å². The lowest BCUT2D eigenvalue weighted by atomic mass is 9.47. The number of fused-ring (bicyclic) bond motifs is 1. The first-order valence-electron chi connectivity index (χ1n) is 8.58. The Morgan fingerprint density at radius 3 is 2.86 bits per heavy atom. The minimum atomic E-state index is 0.282. The van der Waals surface area contributed by atoms with Gasteiger partial charge in [-0.2, -0.15) is 0 Å². The number of rotatable bonds is 3. The molecule has 2 aliphatic rings. The predicted molar refractivity (Wildman–Crippen MR) is 88.9 cm³/mol. The topological polar surface area (TPSA) is 30.2 Å². The van der Waals surface area contributed by atoms with Crippen LogP contribution in [0, 0.1) is 22.7 Å². The molecule has 0 aliphatic heterocycles. The van der Waals surface area contributed by atoms with Gasteiger partial charge >= 0.3 is 0 Å². The van der Waals surface area contributed by atoms with Gasteiger partial charge in [0.25, 0.3) is 0 Å². The number of carbonyl (C=O) groups is 1. The fourth-order valence-corrected chi connectivity index (χ4v) is 5.46.